The molecule has 0 saturated carbocycles. The lowest BCUT2D eigenvalue weighted by Crippen LogP contribution is -2.11. The quantitative estimate of drug-likeness (QED) is 0.519. The fraction of sp³-hybridized carbons (Fsp3) is 0.0769. The van der Waals surface area contributed by atoms with Crippen LogP contribution in [0.1, 0.15) is 11.1 Å². The van der Waals surface area contributed by atoms with Gasteiger partial charge in [0.15, 0.2) is 0 Å². The van der Waals surface area contributed by atoms with Gasteiger partial charge in [-0.3, -0.25) is 5.41 Å². The van der Waals surface area contributed by atoms with Crippen LogP contribution in [0.25, 0.3) is 0 Å². The van der Waals surface area contributed by atoms with E-state index in [0.717, 1.165) is 6.07 Å². The number of nitrogen functional groups attached to an aromatic ring is 1. The maximum absolute atomic E-state index is 13.1. The van der Waals surface area contributed by atoms with Crippen molar-refractivity contribution in [1.82, 2.24) is 4.98 Å². The van der Waals surface area contributed by atoms with E-state index in [1.54, 1.807) is 0 Å². The van der Waals surface area contributed by atoms with Crippen LogP contribution in [0.3, 0.4) is 0 Å². The van der Waals surface area contributed by atoms with Gasteiger partial charge in [0, 0.05) is 17.8 Å². The van der Waals surface area contributed by atoms with Crippen molar-refractivity contribution in [3.05, 3.63) is 53.5 Å². The first-order valence-corrected chi connectivity index (χ1v) is 5.62. The molecule has 0 saturated heterocycles. The average Bonchev–Trinajstić information content (AvgIpc) is 2.40. The molecule has 1 heterocycles. The van der Waals surface area contributed by atoms with Gasteiger partial charge in [-0.2, -0.15) is 13.2 Å². The van der Waals surface area contributed by atoms with Gasteiger partial charge in [0.05, 0.1) is 5.56 Å². The molecule has 2 aromatic rings. The highest BCUT2D eigenvalue weighted by atomic mass is 19.4. The minimum absolute atomic E-state index is 0.0533. The Balaban J connectivity index is 2.32. The molecule has 21 heavy (non-hydrogen) atoms. The van der Waals surface area contributed by atoms with E-state index in [-0.39, 0.29) is 17.5 Å². The zero-order valence-electron chi connectivity index (χ0n) is 10.4. The lowest BCUT2D eigenvalue weighted by Gasteiger charge is -2.11. The number of alkyl halides is 3. The molecule has 1 aromatic carbocycles. The Labute approximate surface area is 116 Å². The Morgan fingerprint density at radius 3 is 2.52 bits per heavy atom. The molecule has 3 N–H and O–H groups in total. The van der Waals surface area contributed by atoms with Crippen molar-refractivity contribution < 1.29 is 22.3 Å². The Morgan fingerprint density at radius 2 is 1.90 bits per heavy atom. The van der Waals surface area contributed by atoms with Crippen molar-refractivity contribution in [2.45, 2.75) is 6.18 Å². The molecule has 0 unspecified atom stereocenters. The molecular weight excluding hydrogens is 290 g/mol. The smallest absolute Gasteiger partial charge is 0.419 e. The predicted octanol–water partition coefficient (Wildman–Crippen LogP) is 3.32. The van der Waals surface area contributed by atoms with Crippen LogP contribution in [-0.4, -0.2) is 10.8 Å². The Bertz CT molecular complexity index is 685. The molecule has 0 radical (unpaired) electrons. The Hall–Kier alpha value is -2.64. The van der Waals surface area contributed by atoms with Crippen LogP contribution in [-0.2, 0) is 6.18 Å². The van der Waals surface area contributed by atoms with Gasteiger partial charge in [0.25, 0.3) is 0 Å². The maximum Gasteiger partial charge on any atom is 0.419 e. The average molecular weight is 299 g/mol. The van der Waals surface area contributed by atoms with E-state index in [2.05, 4.69) is 4.98 Å². The van der Waals surface area contributed by atoms with Crippen LogP contribution in [0, 0.1) is 11.2 Å². The van der Waals surface area contributed by atoms with Crippen molar-refractivity contribution in [3.8, 4) is 11.6 Å². The summed E-state index contributed by atoms with van der Waals surface area (Å²) in [4.78, 5) is 3.78. The van der Waals surface area contributed by atoms with Gasteiger partial charge in [-0.05, 0) is 24.3 Å². The normalized spacial score (nSPS) is 11.2. The van der Waals surface area contributed by atoms with E-state index in [9.17, 15) is 17.6 Å². The summed E-state index contributed by atoms with van der Waals surface area (Å²) in [7, 11) is 0. The van der Waals surface area contributed by atoms with Gasteiger partial charge in [-0.1, -0.05) is 0 Å². The third kappa shape index (κ3) is 3.47. The molecule has 8 heteroatoms. The van der Waals surface area contributed by atoms with Crippen LogP contribution in [0.2, 0.25) is 0 Å². The van der Waals surface area contributed by atoms with Gasteiger partial charge in [-0.25, -0.2) is 9.37 Å². The summed E-state index contributed by atoms with van der Waals surface area (Å²) >= 11 is 0. The van der Waals surface area contributed by atoms with Crippen molar-refractivity contribution in [2.75, 3.05) is 0 Å². The summed E-state index contributed by atoms with van der Waals surface area (Å²) in [6.07, 6.45) is -3.53. The second-order valence-electron chi connectivity index (χ2n) is 4.04. The fourth-order valence-electron chi connectivity index (χ4n) is 1.54. The van der Waals surface area contributed by atoms with E-state index in [1.165, 1.54) is 18.3 Å². The minimum Gasteiger partial charge on any atom is -0.439 e. The number of nitrogens with one attached hydrogen (secondary N) is 1. The third-order valence-corrected chi connectivity index (χ3v) is 2.51. The molecule has 0 aliphatic heterocycles. The van der Waals surface area contributed by atoms with Gasteiger partial charge in [0.2, 0.25) is 5.88 Å². The number of aromatic nitrogens is 1. The summed E-state index contributed by atoms with van der Waals surface area (Å²) in [6.45, 7) is 0. The number of pyridine rings is 1. The van der Waals surface area contributed by atoms with Crippen LogP contribution in [0.5, 0.6) is 11.6 Å². The van der Waals surface area contributed by atoms with Crippen molar-refractivity contribution in [1.29, 1.82) is 5.41 Å². The van der Waals surface area contributed by atoms with E-state index in [1.807, 2.05) is 0 Å². The van der Waals surface area contributed by atoms with Crippen LogP contribution < -0.4 is 10.5 Å². The monoisotopic (exact) mass is 299 g/mol. The van der Waals surface area contributed by atoms with Crippen LogP contribution in [0.15, 0.2) is 36.5 Å². The van der Waals surface area contributed by atoms with Gasteiger partial charge < -0.3 is 10.5 Å². The number of hydrogen-bond acceptors (Lipinski definition) is 3. The number of rotatable bonds is 3. The van der Waals surface area contributed by atoms with Crippen LogP contribution >= 0.6 is 0 Å². The summed E-state index contributed by atoms with van der Waals surface area (Å²) in [5, 5.41) is 7.25. The number of ether oxygens (including phenoxy) is 1. The summed E-state index contributed by atoms with van der Waals surface area (Å²) in [6, 6.07) is 4.98. The Morgan fingerprint density at radius 1 is 1.19 bits per heavy atom. The highest BCUT2D eigenvalue weighted by Gasteiger charge is 2.34. The largest absolute Gasteiger partial charge is 0.439 e. The second-order valence-corrected chi connectivity index (χ2v) is 4.04. The highest BCUT2D eigenvalue weighted by molar-refractivity contribution is 5.95. The lowest BCUT2D eigenvalue weighted by atomic mass is 10.2. The molecule has 1 aromatic heterocycles. The molecule has 0 spiro atoms. The van der Waals surface area contributed by atoms with E-state index in [4.69, 9.17) is 15.9 Å². The topological polar surface area (TPSA) is 72.0 Å². The molecule has 0 bridgehead atoms. The SMILES string of the molecule is N=C(N)c1ccnc(Oc2ccc(F)c(C(F)(F)F)c2)c1. The number of halogens is 4. The number of benzene rings is 1. The van der Waals surface area contributed by atoms with Crippen molar-refractivity contribution in [2.24, 2.45) is 5.73 Å². The van der Waals surface area contributed by atoms with Gasteiger partial charge >= 0.3 is 6.18 Å². The van der Waals surface area contributed by atoms with Crippen molar-refractivity contribution >= 4 is 5.84 Å². The molecule has 0 aliphatic rings. The first-order valence-electron chi connectivity index (χ1n) is 5.62. The van der Waals surface area contributed by atoms with E-state index >= 15 is 0 Å². The number of hydrogen-bond donors (Lipinski definition) is 2. The highest BCUT2D eigenvalue weighted by Crippen LogP contribution is 2.34. The Kier molecular flexibility index (Phi) is 3.79. The molecule has 110 valence electrons. The van der Waals surface area contributed by atoms with E-state index < -0.39 is 17.6 Å². The zero-order chi connectivity index (χ0) is 15.6. The van der Waals surface area contributed by atoms with Crippen LogP contribution in [0.4, 0.5) is 17.6 Å². The predicted molar refractivity (Wildman–Crippen MR) is 66.7 cm³/mol. The summed E-state index contributed by atoms with van der Waals surface area (Å²) < 4.78 is 56.0. The number of nitrogens with two attached hydrogens (primary N) is 1. The minimum atomic E-state index is -4.82. The number of nitrogens with zero attached hydrogens (tertiary/aromatic N) is 1. The second kappa shape index (κ2) is 5.39. The molecule has 0 fully saturated rings. The van der Waals surface area contributed by atoms with E-state index in [0.29, 0.717) is 17.7 Å². The van der Waals surface area contributed by atoms with Gasteiger partial charge in [0.1, 0.15) is 17.4 Å². The molecular formula is C13H9F4N3O. The molecule has 0 atom stereocenters. The summed E-state index contributed by atoms with van der Waals surface area (Å²) in [5.41, 5.74) is 4.15. The van der Waals surface area contributed by atoms with Crippen molar-refractivity contribution in [3.63, 3.8) is 0 Å². The molecule has 0 aliphatic carbocycles. The summed E-state index contributed by atoms with van der Waals surface area (Å²) in [5.74, 6) is -1.91. The molecule has 4 nitrogen and oxygen atoms in total. The maximum atomic E-state index is 13.1. The first-order chi connectivity index (χ1) is 9.77. The van der Waals surface area contributed by atoms with Gasteiger partial charge in [-0.15, -0.1) is 0 Å². The third-order valence-electron chi connectivity index (χ3n) is 2.51. The molecule has 0 amide bonds. The molecule has 2 rings (SSSR count). The zero-order valence-corrected chi connectivity index (χ0v) is 10.4. The number of amidine groups is 1. The standard InChI is InChI=1S/C13H9F4N3O/c14-10-2-1-8(6-9(10)13(15,16)17)21-11-5-7(12(18)19)3-4-20-11/h1-6H,(H3,18,19). The first kappa shape index (κ1) is 14.8. The lowest BCUT2D eigenvalue weighted by molar-refractivity contribution is -0.140. The fourth-order valence-corrected chi connectivity index (χ4v) is 1.54.